The van der Waals surface area contributed by atoms with Crippen LogP contribution in [0.5, 0.6) is 0 Å². The van der Waals surface area contributed by atoms with Crippen molar-refractivity contribution in [2.75, 3.05) is 0 Å². The first-order valence-electron chi connectivity index (χ1n) is 9.42. The maximum absolute atomic E-state index is 12.4. The second kappa shape index (κ2) is 8.43. The maximum Gasteiger partial charge on any atom is 0.446 e. The highest BCUT2D eigenvalue weighted by Gasteiger charge is 2.28. The van der Waals surface area contributed by atoms with Crippen molar-refractivity contribution in [2.45, 2.75) is 17.3 Å². The van der Waals surface area contributed by atoms with E-state index in [2.05, 4.69) is 9.97 Å². The van der Waals surface area contributed by atoms with Gasteiger partial charge in [0.25, 0.3) is 0 Å². The number of hydrogen-bond acceptors (Lipinski definition) is 3. The van der Waals surface area contributed by atoms with E-state index in [9.17, 15) is 18.0 Å². The van der Waals surface area contributed by atoms with Crippen LogP contribution in [0.4, 0.5) is 13.2 Å². The zero-order valence-electron chi connectivity index (χ0n) is 16.4. The van der Waals surface area contributed by atoms with Gasteiger partial charge in [-0.25, -0.2) is 4.98 Å². The van der Waals surface area contributed by atoms with Crippen LogP contribution in [0.25, 0.3) is 34.3 Å². The second-order valence-corrected chi connectivity index (χ2v) is 8.04. The molecule has 0 radical (unpaired) electrons. The number of ketones is 1. The van der Waals surface area contributed by atoms with Crippen molar-refractivity contribution >= 4 is 40.7 Å². The quantitative estimate of drug-likeness (QED) is 0.264. The summed E-state index contributed by atoms with van der Waals surface area (Å²) in [5.41, 5.74) is 0.489. The van der Waals surface area contributed by atoms with Crippen LogP contribution in [0.15, 0.2) is 71.6 Å². The number of benzene rings is 3. The molecule has 3 aromatic carbocycles. The molecule has 0 atom stereocenters. The fourth-order valence-corrected chi connectivity index (χ4v) is 3.81. The topological polar surface area (TPSA) is 45.8 Å². The number of halogens is 3. The molecule has 0 saturated carbocycles. The standard InChI is InChI=1S/C24H17F3N2OS/c1-15(30)19-4-2-3-5-20(19)17-9-12-21-22(14-17)29-23(28-21)13-8-16-6-10-18(11-7-16)31-24(25,26)27/h2-14H,1H3,(H,28,29)/b13-8+. The van der Waals surface area contributed by atoms with E-state index in [1.165, 1.54) is 12.1 Å². The zero-order valence-corrected chi connectivity index (χ0v) is 17.2. The molecule has 1 heterocycles. The Hall–Kier alpha value is -3.32. The molecule has 31 heavy (non-hydrogen) atoms. The molecule has 1 aromatic heterocycles. The summed E-state index contributed by atoms with van der Waals surface area (Å²) in [6, 6.07) is 19.4. The van der Waals surface area contributed by atoms with Crippen molar-refractivity contribution in [3.05, 3.63) is 83.7 Å². The van der Waals surface area contributed by atoms with Gasteiger partial charge in [0.1, 0.15) is 5.82 Å². The Kier molecular flexibility index (Phi) is 5.69. The van der Waals surface area contributed by atoms with Gasteiger partial charge in [-0.2, -0.15) is 13.2 Å². The third-order valence-corrected chi connectivity index (χ3v) is 5.41. The Labute approximate surface area is 181 Å². The lowest BCUT2D eigenvalue weighted by Gasteiger charge is -2.06. The lowest BCUT2D eigenvalue weighted by Crippen LogP contribution is -1.98. The minimum Gasteiger partial charge on any atom is -0.338 e. The lowest BCUT2D eigenvalue weighted by molar-refractivity contribution is -0.0328. The number of nitrogens with one attached hydrogen (secondary N) is 1. The Morgan fingerprint density at radius 1 is 1.00 bits per heavy atom. The first-order chi connectivity index (χ1) is 14.8. The van der Waals surface area contributed by atoms with Crippen LogP contribution in [0.1, 0.15) is 28.7 Å². The summed E-state index contributed by atoms with van der Waals surface area (Å²) >= 11 is -0.135. The molecule has 3 nitrogen and oxygen atoms in total. The van der Waals surface area contributed by atoms with Gasteiger partial charge in [-0.05, 0) is 65.7 Å². The average molecular weight is 438 g/mol. The summed E-state index contributed by atoms with van der Waals surface area (Å²) < 4.78 is 37.3. The van der Waals surface area contributed by atoms with Gasteiger partial charge in [-0.3, -0.25) is 4.79 Å². The minimum absolute atomic E-state index is 0.000925. The van der Waals surface area contributed by atoms with Crippen molar-refractivity contribution < 1.29 is 18.0 Å². The Balaban J connectivity index is 1.57. The predicted molar refractivity (Wildman–Crippen MR) is 119 cm³/mol. The van der Waals surface area contributed by atoms with Crippen molar-refractivity contribution in [3.63, 3.8) is 0 Å². The molecule has 0 aliphatic heterocycles. The number of imidazole rings is 1. The van der Waals surface area contributed by atoms with Crippen molar-refractivity contribution in [3.8, 4) is 11.1 Å². The molecular weight excluding hydrogens is 421 g/mol. The number of carbonyl (C=O) groups excluding carboxylic acids is 1. The van der Waals surface area contributed by atoms with E-state index < -0.39 is 5.51 Å². The highest BCUT2D eigenvalue weighted by atomic mass is 32.2. The molecule has 1 N–H and O–H groups in total. The van der Waals surface area contributed by atoms with Crippen LogP contribution in [-0.2, 0) is 0 Å². The lowest BCUT2D eigenvalue weighted by atomic mass is 9.97. The number of aromatic amines is 1. The molecule has 156 valence electrons. The monoisotopic (exact) mass is 438 g/mol. The summed E-state index contributed by atoms with van der Waals surface area (Å²) in [4.78, 5) is 19.9. The van der Waals surface area contributed by atoms with E-state index in [-0.39, 0.29) is 22.4 Å². The molecule has 0 bridgehead atoms. The largest absolute Gasteiger partial charge is 0.446 e. The van der Waals surface area contributed by atoms with Crippen molar-refractivity contribution in [2.24, 2.45) is 0 Å². The van der Waals surface area contributed by atoms with Gasteiger partial charge in [0.05, 0.1) is 11.0 Å². The summed E-state index contributed by atoms with van der Waals surface area (Å²) in [7, 11) is 0. The van der Waals surface area contributed by atoms with E-state index in [0.29, 0.717) is 11.4 Å². The molecule has 0 fully saturated rings. The van der Waals surface area contributed by atoms with Crippen molar-refractivity contribution in [1.29, 1.82) is 0 Å². The number of rotatable bonds is 5. The second-order valence-electron chi connectivity index (χ2n) is 6.91. The number of nitrogens with zero attached hydrogens (tertiary/aromatic N) is 1. The summed E-state index contributed by atoms with van der Waals surface area (Å²) in [5.74, 6) is 0.627. The number of fused-ring (bicyclic) bond motifs is 1. The average Bonchev–Trinajstić information content (AvgIpc) is 3.14. The Bertz CT molecular complexity index is 1270. The van der Waals surface area contributed by atoms with Gasteiger partial charge >= 0.3 is 5.51 Å². The summed E-state index contributed by atoms with van der Waals surface area (Å²) in [5, 5.41) is 0. The molecule has 4 rings (SSSR count). The molecule has 0 saturated heterocycles. The zero-order chi connectivity index (χ0) is 22.0. The molecule has 0 unspecified atom stereocenters. The number of H-pyrrole nitrogens is 1. The molecule has 4 aromatic rings. The molecular formula is C24H17F3N2OS. The first-order valence-corrected chi connectivity index (χ1v) is 10.2. The highest BCUT2D eigenvalue weighted by Crippen LogP contribution is 2.36. The Morgan fingerprint density at radius 3 is 2.45 bits per heavy atom. The van der Waals surface area contributed by atoms with E-state index in [0.717, 1.165) is 27.7 Å². The van der Waals surface area contributed by atoms with Crippen LogP contribution in [0, 0.1) is 0 Å². The Morgan fingerprint density at radius 2 is 1.74 bits per heavy atom. The minimum atomic E-state index is -4.30. The number of hydrogen-bond donors (Lipinski definition) is 1. The van der Waals surface area contributed by atoms with Gasteiger partial charge in [0.2, 0.25) is 0 Å². The SMILES string of the molecule is CC(=O)c1ccccc1-c1ccc2[nH]c(/C=C/c3ccc(SC(F)(F)F)cc3)nc2c1. The first kappa shape index (κ1) is 20.9. The third kappa shape index (κ3) is 5.06. The number of aromatic nitrogens is 2. The number of alkyl halides is 3. The molecule has 7 heteroatoms. The molecule has 0 aliphatic carbocycles. The molecule has 0 amide bonds. The van der Waals surface area contributed by atoms with Crippen LogP contribution in [0.2, 0.25) is 0 Å². The number of thioether (sulfide) groups is 1. The van der Waals surface area contributed by atoms with E-state index in [1.54, 1.807) is 37.3 Å². The van der Waals surface area contributed by atoms with Gasteiger partial charge in [0, 0.05) is 10.5 Å². The smallest absolute Gasteiger partial charge is 0.338 e. The summed E-state index contributed by atoms with van der Waals surface area (Å²) in [6.07, 6.45) is 3.56. The third-order valence-electron chi connectivity index (χ3n) is 4.67. The van der Waals surface area contributed by atoms with Gasteiger partial charge in [-0.15, -0.1) is 0 Å². The van der Waals surface area contributed by atoms with E-state index in [1.807, 2.05) is 36.4 Å². The van der Waals surface area contributed by atoms with Gasteiger partial charge in [-0.1, -0.05) is 48.5 Å². The predicted octanol–water partition coefficient (Wildman–Crippen LogP) is 7.21. The normalized spacial score (nSPS) is 12.0. The molecule has 0 aliphatic rings. The van der Waals surface area contributed by atoms with Gasteiger partial charge < -0.3 is 4.98 Å². The fourth-order valence-electron chi connectivity index (χ4n) is 3.27. The van der Waals surface area contributed by atoms with E-state index in [4.69, 9.17) is 0 Å². The van der Waals surface area contributed by atoms with E-state index >= 15 is 0 Å². The molecule has 0 spiro atoms. The van der Waals surface area contributed by atoms with Crippen LogP contribution in [0.3, 0.4) is 0 Å². The number of Topliss-reactive ketones (excluding diaryl/α,β-unsaturated/α-hetero) is 1. The van der Waals surface area contributed by atoms with Crippen LogP contribution in [-0.4, -0.2) is 21.3 Å². The van der Waals surface area contributed by atoms with Crippen LogP contribution < -0.4 is 0 Å². The van der Waals surface area contributed by atoms with Crippen LogP contribution >= 0.6 is 11.8 Å². The van der Waals surface area contributed by atoms with Gasteiger partial charge in [0.15, 0.2) is 5.78 Å². The summed E-state index contributed by atoms with van der Waals surface area (Å²) in [6.45, 7) is 1.54. The van der Waals surface area contributed by atoms with Crippen molar-refractivity contribution in [1.82, 2.24) is 9.97 Å². The number of carbonyl (C=O) groups is 1. The fraction of sp³-hybridized carbons (Fsp3) is 0.0833. The maximum atomic E-state index is 12.4. The highest BCUT2D eigenvalue weighted by molar-refractivity contribution is 8.00.